The number of hydrogen-bond acceptors (Lipinski definition) is 14. The average molecular weight is 944 g/mol. The number of nitrogens with zero attached hydrogens (tertiary/aromatic N) is 9. The summed E-state index contributed by atoms with van der Waals surface area (Å²) in [7, 11) is 0.854. The number of halogens is 4. The van der Waals surface area contributed by atoms with Crippen molar-refractivity contribution in [3.8, 4) is 16.9 Å². The Labute approximate surface area is 366 Å². The van der Waals surface area contributed by atoms with Crippen LogP contribution in [0.2, 0.25) is 0 Å². The van der Waals surface area contributed by atoms with Crippen molar-refractivity contribution in [3.05, 3.63) is 59.7 Å². The number of ether oxygens (including phenoxy) is 1. The Morgan fingerprint density at radius 1 is 1.00 bits per heavy atom. The van der Waals surface area contributed by atoms with Gasteiger partial charge in [-0.05, 0) is 92.3 Å². The zero-order valence-electron chi connectivity index (χ0n) is 35.0. The lowest BCUT2D eigenvalue weighted by Gasteiger charge is -2.42. The number of benzene rings is 2. The van der Waals surface area contributed by atoms with Crippen molar-refractivity contribution < 1.29 is 32.4 Å². The summed E-state index contributed by atoms with van der Waals surface area (Å²) in [4.78, 5) is 35.1. The van der Waals surface area contributed by atoms with Crippen LogP contribution < -0.4 is 30.9 Å². The van der Waals surface area contributed by atoms with E-state index in [4.69, 9.17) is 19.6 Å². The number of rotatable bonds is 12. The van der Waals surface area contributed by atoms with Crippen LogP contribution in [-0.4, -0.2) is 142 Å². The normalized spacial score (nSPS) is 17.0. The topological polar surface area (TPSA) is 179 Å². The Balaban J connectivity index is 0.000000762. The molecule has 21 heteroatoms. The number of carbonyl (C=O) groups is 1. The van der Waals surface area contributed by atoms with Gasteiger partial charge in [-0.3, -0.25) is 24.4 Å². The number of anilines is 5. The zero-order valence-corrected chi connectivity index (χ0v) is 37.5. The van der Waals surface area contributed by atoms with Gasteiger partial charge in [0.1, 0.15) is 24.2 Å². The number of piperazine rings is 1. The number of alkyl halides is 3. The second-order valence-electron chi connectivity index (χ2n) is 16.1. The maximum Gasteiger partial charge on any atom is 0.490 e. The summed E-state index contributed by atoms with van der Waals surface area (Å²) < 4.78 is 53.8. The Morgan fingerprint density at radius 3 is 2.32 bits per heavy atom. The third-order valence-electron chi connectivity index (χ3n) is 11.5. The van der Waals surface area contributed by atoms with E-state index in [0.29, 0.717) is 44.0 Å². The highest BCUT2D eigenvalue weighted by molar-refractivity contribution is 9.10. The molecular formula is C41H51BrF3N12O4P. The maximum atomic E-state index is 13.5. The number of carboxylic acids is 1. The lowest BCUT2D eigenvalue weighted by atomic mass is 9.91. The molecule has 3 aromatic heterocycles. The molecule has 0 saturated carbocycles. The van der Waals surface area contributed by atoms with Gasteiger partial charge in [-0.15, -0.1) is 0 Å². The molecule has 0 radical (unpaired) electrons. The number of carboxylic acid groups (broad SMARTS) is 1. The molecule has 332 valence electrons. The fraction of sp³-hybridized carbons (Fsp3) is 0.463. The summed E-state index contributed by atoms with van der Waals surface area (Å²) >= 11 is 3.61. The molecule has 2 aromatic carbocycles. The molecular weight excluding hydrogens is 892 g/mol. The van der Waals surface area contributed by atoms with Gasteiger partial charge in [0.2, 0.25) is 5.95 Å². The fourth-order valence-corrected chi connectivity index (χ4v) is 9.72. The van der Waals surface area contributed by atoms with E-state index in [1.165, 1.54) is 38.9 Å². The highest BCUT2D eigenvalue weighted by Gasteiger charge is 2.38. The second-order valence-corrected chi connectivity index (χ2v) is 20.1. The number of methoxy groups -OCH3 is 1. The number of likely N-dealkylation sites (tertiary alicyclic amines) is 1. The molecule has 5 aromatic rings. The zero-order chi connectivity index (χ0) is 44.2. The lowest BCUT2D eigenvalue weighted by Crippen LogP contribution is -2.58. The third kappa shape index (κ3) is 10.8. The van der Waals surface area contributed by atoms with Crippen molar-refractivity contribution in [2.45, 2.75) is 31.5 Å². The Bertz CT molecular complexity index is 2420. The average Bonchev–Trinajstić information content (AvgIpc) is 3.66. The van der Waals surface area contributed by atoms with Gasteiger partial charge in [0.25, 0.3) is 0 Å². The van der Waals surface area contributed by atoms with E-state index in [1.54, 1.807) is 39.0 Å². The minimum Gasteiger partial charge on any atom is -0.494 e. The largest absolute Gasteiger partial charge is 0.494 e. The third-order valence-corrected chi connectivity index (χ3v) is 13.6. The number of piperidine rings is 1. The maximum absolute atomic E-state index is 13.5. The van der Waals surface area contributed by atoms with E-state index in [0.717, 1.165) is 73.7 Å². The van der Waals surface area contributed by atoms with E-state index in [9.17, 15) is 17.7 Å². The highest BCUT2D eigenvalue weighted by Crippen LogP contribution is 2.43. The van der Waals surface area contributed by atoms with Gasteiger partial charge in [0.15, 0.2) is 0 Å². The summed E-state index contributed by atoms with van der Waals surface area (Å²) in [5.74, 6) is -0.363. The van der Waals surface area contributed by atoms with Crippen LogP contribution in [0.4, 0.5) is 42.0 Å². The molecule has 0 unspecified atom stereocenters. The van der Waals surface area contributed by atoms with Gasteiger partial charge >= 0.3 is 12.1 Å². The van der Waals surface area contributed by atoms with Gasteiger partial charge in [-0.25, -0.2) is 9.78 Å². The van der Waals surface area contributed by atoms with Gasteiger partial charge in [0.05, 0.1) is 40.0 Å². The first-order valence-electron chi connectivity index (χ1n) is 20.4. The van der Waals surface area contributed by atoms with Crippen LogP contribution in [0.25, 0.3) is 22.2 Å². The molecule has 62 heavy (non-hydrogen) atoms. The number of hydrogen-bond donors (Lipinski definition) is 4. The smallest absolute Gasteiger partial charge is 0.490 e. The van der Waals surface area contributed by atoms with E-state index in [1.807, 2.05) is 36.3 Å². The van der Waals surface area contributed by atoms with E-state index < -0.39 is 19.3 Å². The molecule has 6 heterocycles. The predicted molar refractivity (Wildman–Crippen MR) is 238 cm³/mol. The van der Waals surface area contributed by atoms with Gasteiger partial charge in [-0.1, -0.05) is 0 Å². The Kier molecular flexibility index (Phi) is 14.0. The van der Waals surface area contributed by atoms with Gasteiger partial charge in [-0.2, -0.15) is 23.3 Å². The first-order chi connectivity index (χ1) is 29.6. The molecule has 16 nitrogen and oxygen atoms in total. The minimum atomic E-state index is -5.08. The molecule has 0 amide bonds. The standard InChI is InChI=1S/C39H50BrN12O2P.C2HF3O2/c1-49-25-27(21-45-49)29-19-33(47-39-44-24-30(40)38(48-39)46-32-6-5-31-36(43-11-10-42-31)37(32)55(3,4)53)35(54-2)20-34(29)52-17-15-50(16-18-52)12-7-26-8-13-51(14-9-26)28-22-41-23-28;3-2(4,5)1(6)7/h5-6,10-11,19-21,24-26,28,41H,7-9,12-18,22-23H2,1-4H3,(H2,44,46,47,48);(H,6,7). The molecule has 8 rings (SSSR count). The molecule has 0 aliphatic carbocycles. The highest BCUT2D eigenvalue weighted by atomic mass is 79.9. The molecule has 3 aliphatic rings. The van der Waals surface area contributed by atoms with Crippen LogP contribution in [0.15, 0.2) is 59.7 Å². The van der Waals surface area contributed by atoms with Gasteiger partial charge < -0.3 is 35.3 Å². The molecule has 3 fully saturated rings. The van der Waals surface area contributed by atoms with Crippen molar-refractivity contribution in [2.24, 2.45) is 13.0 Å². The second kappa shape index (κ2) is 19.2. The van der Waals surface area contributed by atoms with Crippen molar-refractivity contribution in [3.63, 3.8) is 0 Å². The number of fused-ring (bicyclic) bond motifs is 1. The number of aryl methyl sites for hydroxylation is 1. The van der Waals surface area contributed by atoms with Crippen LogP contribution in [0.3, 0.4) is 0 Å². The summed E-state index contributed by atoms with van der Waals surface area (Å²) in [6, 6.07) is 8.72. The van der Waals surface area contributed by atoms with Crippen molar-refractivity contribution in [2.75, 3.05) is 94.9 Å². The minimum absolute atomic E-state index is 0.367. The molecule has 3 aliphatic heterocycles. The van der Waals surface area contributed by atoms with E-state index in [-0.39, 0.29) is 0 Å². The van der Waals surface area contributed by atoms with Crippen LogP contribution in [-0.2, 0) is 16.4 Å². The van der Waals surface area contributed by atoms with E-state index >= 15 is 0 Å². The first-order valence-corrected chi connectivity index (χ1v) is 23.8. The Morgan fingerprint density at radius 2 is 1.71 bits per heavy atom. The summed E-state index contributed by atoms with van der Waals surface area (Å²) in [5.41, 5.74) is 5.84. The SMILES string of the molecule is COc1cc(N2CCN(CCC3CCN(C4CNC4)CC3)CC2)c(-c2cnn(C)c2)cc1Nc1ncc(Br)c(Nc2ccc3nccnc3c2P(C)(C)=O)n1.O=C(O)C(F)(F)F. The summed E-state index contributed by atoms with van der Waals surface area (Å²) in [5, 5.41) is 22.5. The molecule has 3 saturated heterocycles. The quantitative estimate of drug-likeness (QED) is 0.105. The molecule has 0 bridgehead atoms. The monoisotopic (exact) mass is 942 g/mol. The predicted octanol–water partition coefficient (Wildman–Crippen LogP) is 6.16. The van der Waals surface area contributed by atoms with E-state index in [2.05, 4.69) is 78.8 Å². The van der Waals surface area contributed by atoms with Crippen LogP contribution in [0.5, 0.6) is 5.75 Å². The van der Waals surface area contributed by atoms with Crippen molar-refractivity contribution in [1.82, 2.24) is 44.8 Å². The summed E-state index contributed by atoms with van der Waals surface area (Å²) in [6.07, 6.45) is 7.75. The Hall–Kier alpha value is -4.88. The van der Waals surface area contributed by atoms with Crippen molar-refractivity contribution in [1.29, 1.82) is 0 Å². The number of aromatic nitrogens is 6. The molecule has 4 N–H and O–H groups in total. The van der Waals surface area contributed by atoms with Crippen LogP contribution in [0.1, 0.15) is 19.3 Å². The van der Waals surface area contributed by atoms with Crippen LogP contribution in [0, 0.1) is 5.92 Å². The number of nitrogens with one attached hydrogen (secondary N) is 3. The molecule has 0 spiro atoms. The molecule has 0 atom stereocenters. The van der Waals surface area contributed by atoms with Crippen molar-refractivity contribution >= 4 is 74.2 Å². The van der Waals surface area contributed by atoms with Gasteiger partial charge in [0, 0.05) is 100 Å². The first kappa shape index (κ1) is 45.2. The lowest BCUT2D eigenvalue weighted by molar-refractivity contribution is -0.192. The fourth-order valence-electron chi connectivity index (χ4n) is 8.04. The number of aliphatic carboxylic acids is 1. The summed E-state index contributed by atoms with van der Waals surface area (Å²) in [6.45, 7) is 13.4. The van der Waals surface area contributed by atoms with Crippen LogP contribution >= 0.6 is 23.1 Å².